The molecule has 1 aromatic rings. The van der Waals surface area contributed by atoms with Gasteiger partial charge in [0.25, 0.3) is 5.91 Å². The number of benzene rings is 1. The van der Waals surface area contributed by atoms with Crippen molar-refractivity contribution in [2.45, 2.75) is 12.5 Å². The highest BCUT2D eigenvalue weighted by molar-refractivity contribution is 5.98. The van der Waals surface area contributed by atoms with Crippen molar-refractivity contribution in [3.8, 4) is 0 Å². The van der Waals surface area contributed by atoms with Crippen molar-refractivity contribution in [1.29, 1.82) is 0 Å². The highest BCUT2D eigenvalue weighted by Crippen LogP contribution is 2.16. The van der Waals surface area contributed by atoms with Crippen LogP contribution in [-0.2, 0) is 19.2 Å². The number of carbonyl (C=O) groups is 5. The first-order chi connectivity index (χ1) is 15.5. The summed E-state index contributed by atoms with van der Waals surface area (Å²) in [6.07, 6.45) is -0.674. The largest absolute Gasteiger partial charge is 0.481 e. The van der Waals surface area contributed by atoms with E-state index in [0.717, 1.165) is 9.80 Å². The van der Waals surface area contributed by atoms with Crippen LogP contribution in [0.4, 0.5) is 5.69 Å². The van der Waals surface area contributed by atoms with Crippen molar-refractivity contribution in [3.63, 3.8) is 0 Å². The summed E-state index contributed by atoms with van der Waals surface area (Å²) in [4.78, 5) is 67.5. The first-order valence-corrected chi connectivity index (χ1v) is 9.91. The van der Waals surface area contributed by atoms with Gasteiger partial charge in [-0.15, -0.1) is 0 Å². The molecule has 1 aromatic carbocycles. The number of nitrogens with one attached hydrogen (secondary N) is 1. The molecule has 0 aliphatic carbocycles. The van der Waals surface area contributed by atoms with E-state index in [1.165, 1.54) is 12.1 Å². The van der Waals surface area contributed by atoms with Crippen molar-refractivity contribution in [2.75, 3.05) is 40.3 Å². The van der Waals surface area contributed by atoms with E-state index in [-0.39, 0.29) is 24.6 Å². The van der Waals surface area contributed by atoms with E-state index in [1.807, 2.05) is 0 Å². The highest BCUT2D eigenvalue weighted by Gasteiger charge is 2.39. The third-order valence-corrected chi connectivity index (χ3v) is 4.83. The number of nitrogens with two attached hydrogens (primary N) is 1. The number of hydrogen-bond donors (Lipinski definition) is 4. The lowest BCUT2D eigenvalue weighted by molar-refractivity contribution is -0.157. The maximum atomic E-state index is 12.6. The standard InChI is InChI=1S/C20H26N6O7/c1-24(2)20(21)23-13-5-3-12(4-6-13)18(32)22-10-15(27)26-8-7-25(11-17(30)31)19(33)14(26)9-16(28)29/h3-6,14H,7-11H2,1-2H3,(H2,21,23)(H,22,32)(H,28,29)(H,30,31)/t14-/m0/s1. The number of nitrogens with zero attached hydrogens (tertiary/aromatic N) is 4. The molecule has 2 rings (SSSR count). The number of guanidine groups is 1. The summed E-state index contributed by atoms with van der Waals surface area (Å²) in [5.41, 5.74) is 6.53. The van der Waals surface area contributed by atoms with Crippen molar-refractivity contribution in [1.82, 2.24) is 20.0 Å². The van der Waals surface area contributed by atoms with Crippen LogP contribution in [0.25, 0.3) is 0 Å². The van der Waals surface area contributed by atoms with Crippen LogP contribution in [0, 0.1) is 0 Å². The Kier molecular flexibility index (Phi) is 8.31. The Hall–Kier alpha value is -4.16. The lowest BCUT2D eigenvalue weighted by Crippen LogP contribution is -2.61. The molecule has 1 atom stereocenters. The van der Waals surface area contributed by atoms with Gasteiger partial charge in [0.2, 0.25) is 11.8 Å². The van der Waals surface area contributed by atoms with Gasteiger partial charge in [0.05, 0.1) is 18.7 Å². The summed E-state index contributed by atoms with van der Waals surface area (Å²) in [6, 6.07) is 4.82. The molecule has 1 fully saturated rings. The Morgan fingerprint density at radius 2 is 1.76 bits per heavy atom. The molecule has 0 unspecified atom stereocenters. The average molecular weight is 462 g/mol. The molecule has 0 bridgehead atoms. The zero-order valence-corrected chi connectivity index (χ0v) is 18.2. The number of amides is 3. The van der Waals surface area contributed by atoms with Gasteiger partial charge in [-0.3, -0.25) is 24.0 Å². The second-order valence-corrected chi connectivity index (χ2v) is 7.45. The zero-order valence-electron chi connectivity index (χ0n) is 18.2. The molecular weight excluding hydrogens is 436 g/mol. The molecule has 33 heavy (non-hydrogen) atoms. The summed E-state index contributed by atoms with van der Waals surface area (Å²) in [7, 11) is 3.47. The van der Waals surface area contributed by atoms with Gasteiger partial charge in [-0.05, 0) is 24.3 Å². The monoisotopic (exact) mass is 462 g/mol. The van der Waals surface area contributed by atoms with Gasteiger partial charge in [-0.1, -0.05) is 0 Å². The molecule has 5 N–H and O–H groups in total. The van der Waals surface area contributed by atoms with E-state index in [2.05, 4.69) is 10.3 Å². The van der Waals surface area contributed by atoms with Crippen LogP contribution in [0.2, 0.25) is 0 Å². The molecule has 1 heterocycles. The molecule has 178 valence electrons. The van der Waals surface area contributed by atoms with Crippen molar-refractivity contribution < 1.29 is 34.2 Å². The summed E-state index contributed by atoms with van der Waals surface area (Å²) >= 11 is 0. The molecule has 13 nitrogen and oxygen atoms in total. The second-order valence-electron chi connectivity index (χ2n) is 7.45. The average Bonchev–Trinajstić information content (AvgIpc) is 2.74. The van der Waals surface area contributed by atoms with Gasteiger partial charge in [-0.25, -0.2) is 4.99 Å². The fourth-order valence-electron chi connectivity index (χ4n) is 3.10. The molecule has 0 spiro atoms. The number of hydrogen-bond acceptors (Lipinski definition) is 6. The smallest absolute Gasteiger partial charge is 0.323 e. The number of piperazine rings is 1. The highest BCUT2D eigenvalue weighted by atomic mass is 16.4. The molecule has 0 saturated carbocycles. The minimum atomic E-state index is -1.35. The van der Waals surface area contributed by atoms with Crippen LogP contribution in [0.3, 0.4) is 0 Å². The quantitative estimate of drug-likeness (QED) is 0.264. The minimum Gasteiger partial charge on any atom is -0.481 e. The van der Waals surface area contributed by atoms with Crippen LogP contribution < -0.4 is 11.1 Å². The predicted molar refractivity (Wildman–Crippen MR) is 116 cm³/mol. The van der Waals surface area contributed by atoms with E-state index >= 15 is 0 Å². The van der Waals surface area contributed by atoms with Gasteiger partial charge in [0.15, 0.2) is 5.96 Å². The van der Waals surface area contributed by atoms with E-state index in [1.54, 1.807) is 31.1 Å². The van der Waals surface area contributed by atoms with E-state index < -0.39 is 55.2 Å². The van der Waals surface area contributed by atoms with E-state index in [4.69, 9.17) is 15.9 Å². The van der Waals surface area contributed by atoms with Gasteiger partial charge < -0.3 is 36.0 Å². The Labute approximate surface area is 189 Å². The third-order valence-electron chi connectivity index (χ3n) is 4.83. The Morgan fingerprint density at radius 1 is 1.12 bits per heavy atom. The lowest BCUT2D eigenvalue weighted by Gasteiger charge is -2.39. The molecule has 0 radical (unpaired) electrons. The molecule has 1 aliphatic heterocycles. The molecular formula is C20H26N6O7. The molecule has 13 heteroatoms. The first kappa shape index (κ1) is 25.1. The second kappa shape index (κ2) is 10.9. The number of rotatable bonds is 8. The number of carbonyl (C=O) groups excluding carboxylic acids is 3. The summed E-state index contributed by atoms with van der Waals surface area (Å²) in [6.45, 7) is -1.16. The van der Waals surface area contributed by atoms with Crippen molar-refractivity contribution in [2.24, 2.45) is 10.7 Å². The number of aliphatic imine (C=N–C) groups is 1. The Bertz CT molecular complexity index is 960. The normalized spacial score (nSPS) is 16.4. The predicted octanol–water partition coefficient (Wildman–Crippen LogP) is -1.48. The van der Waals surface area contributed by atoms with Crippen LogP contribution in [0.5, 0.6) is 0 Å². The van der Waals surface area contributed by atoms with Crippen LogP contribution in [0.1, 0.15) is 16.8 Å². The van der Waals surface area contributed by atoms with Crippen molar-refractivity contribution >= 4 is 41.3 Å². The van der Waals surface area contributed by atoms with Gasteiger partial charge in [-0.2, -0.15) is 0 Å². The first-order valence-electron chi connectivity index (χ1n) is 9.91. The fraction of sp³-hybridized carbons (Fsp3) is 0.400. The summed E-state index contributed by atoms with van der Waals surface area (Å²) in [5, 5.41) is 20.5. The number of aliphatic carboxylic acids is 2. The Balaban J connectivity index is 2.02. The molecule has 1 saturated heterocycles. The SMILES string of the molecule is CN(C)C(N)=Nc1ccc(C(=O)NCC(=O)N2CCN(CC(=O)O)C(=O)[C@@H]2CC(=O)O)cc1. The molecule has 3 amide bonds. The zero-order chi connectivity index (χ0) is 24.7. The van der Waals surface area contributed by atoms with Crippen molar-refractivity contribution in [3.05, 3.63) is 29.8 Å². The number of carboxylic acid groups (broad SMARTS) is 2. The minimum absolute atomic E-state index is 0.0499. The van der Waals surface area contributed by atoms with Crippen LogP contribution in [0.15, 0.2) is 29.3 Å². The summed E-state index contributed by atoms with van der Waals surface area (Å²) in [5.74, 6) is -4.25. The lowest BCUT2D eigenvalue weighted by atomic mass is 10.1. The topological polar surface area (TPSA) is 186 Å². The van der Waals surface area contributed by atoms with Gasteiger partial charge >= 0.3 is 11.9 Å². The maximum Gasteiger partial charge on any atom is 0.323 e. The van der Waals surface area contributed by atoms with E-state index in [0.29, 0.717) is 5.69 Å². The maximum absolute atomic E-state index is 12.6. The summed E-state index contributed by atoms with van der Waals surface area (Å²) < 4.78 is 0. The van der Waals surface area contributed by atoms with Crippen LogP contribution >= 0.6 is 0 Å². The molecule has 1 aliphatic rings. The van der Waals surface area contributed by atoms with E-state index in [9.17, 15) is 24.0 Å². The molecule has 0 aromatic heterocycles. The van der Waals surface area contributed by atoms with Crippen LogP contribution in [-0.4, -0.2) is 107 Å². The Morgan fingerprint density at radius 3 is 2.30 bits per heavy atom. The van der Waals surface area contributed by atoms with Gasteiger partial charge in [0, 0.05) is 32.7 Å². The third kappa shape index (κ3) is 6.92. The number of carboxylic acids is 2. The van der Waals surface area contributed by atoms with Gasteiger partial charge in [0.1, 0.15) is 12.6 Å². The fourth-order valence-corrected chi connectivity index (χ4v) is 3.10.